The van der Waals surface area contributed by atoms with Gasteiger partial charge >= 0.3 is 0 Å². The summed E-state index contributed by atoms with van der Waals surface area (Å²) in [6.45, 7) is 0. The summed E-state index contributed by atoms with van der Waals surface area (Å²) in [5.74, 6) is -1.87. The van der Waals surface area contributed by atoms with Gasteiger partial charge in [-0.2, -0.15) is 0 Å². The Morgan fingerprint density at radius 1 is 1.05 bits per heavy atom. The first-order chi connectivity index (χ1) is 8.99. The van der Waals surface area contributed by atoms with E-state index < -0.39 is 17.7 Å². The van der Waals surface area contributed by atoms with E-state index in [4.69, 9.17) is 23.2 Å². The van der Waals surface area contributed by atoms with Crippen LogP contribution in [-0.4, -0.2) is 5.11 Å². The van der Waals surface area contributed by atoms with Crippen LogP contribution in [0.25, 0.3) is 0 Å². The standard InChI is InChI=1S/C14H10Cl2F2O/c15-10-5-4-8(6-11(10)16)13(19)7-9-2-1-3-12(17)14(9)18/h1-6,13,19H,7H2. The summed E-state index contributed by atoms with van der Waals surface area (Å²) in [4.78, 5) is 0. The third-order valence-electron chi connectivity index (χ3n) is 2.77. The molecular weight excluding hydrogens is 293 g/mol. The Bertz CT molecular complexity index is 602. The highest BCUT2D eigenvalue weighted by molar-refractivity contribution is 6.42. The van der Waals surface area contributed by atoms with E-state index in [0.29, 0.717) is 15.6 Å². The summed E-state index contributed by atoms with van der Waals surface area (Å²) in [7, 11) is 0. The first kappa shape index (κ1) is 14.3. The first-order valence-electron chi connectivity index (χ1n) is 5.55. The third-order valence-corrected chi connectivity index (χ3v) is 3.51. The van der Waals surface area contributed by atoms with E-state index in [9.17, 15) is 13.9 Å². The Morgan fingerprint density at radius 2 is 1.79 bits per heavy atom. The predicted molar refractivity (Wildman–Crippen MR) is 71.5 cm³/mol. The zero-order valence-electron chi connectivity index (χ0n) is 9.71. The van der Waals surface area contributed by atoms with E-state index in [1.165, 1.54) is 18.2 Å². The SMILES string of the molecule is OC(Cc1cccc(F)c1F)c1ccc(Cl)c(Cl)c1. The second-order valence-electron chi connectivity index (χ2n) is 4.11. The largest absolute Gasteiger partial charge is 0.388 e. The third kappa shape index (κ3) is 3.24. The van der Waals surface area contributed by atoms with E-state index in [-0.39, 0.29) is 12.0 Å². The molecule has 2 aromatic carbocycles. The number of aliphatic hydroxyl groups is 1. The fraction of sp³-hybridized carbons (Fsp3) is 0.143. The monoisotopic (exact) mass is 302 g/mol. The fourth-order valence-corrected chi connectivity index (χ4v) is 2.06. The topological polar surface area (TPSA) is 20.2 Å². The molecule has 0 aliphatic rings. The maximum absolute atomic E-state index is 13.5. The van der Waals surface area contributed by atoms with Gasteiger partial charge in [-0.25, -0.2) is 8.78 Å². The molecule has 1 nitrogen and oxygen atoms in total. The molecule has 2 rings (SSSR count). The van der Waals surface area contributed by atoms with Crippen molar-refractivity contribution in [3.63, 3.8) is 0 Å². The van der Waals surface area contributed by atoms with Crippen molar-refractivity contribution in [2.24, 2.45) is 0 Å². The maximum Gasteiger partial charge on any atom is 0.162 e. The molecule has 0 aromatic heterocycles. The van der Waals surface area contributed by atoms with E-state index in [1.807, 2.05) is 0 Å². The van der Waals surface area contributed by atoms with Crippen LogP contribution in [0.4, 0.5) is 8.78 Å². The van der Waals surface area contributed by atoms with Crippen molar-refractivity contribution in [2.45, 2.75) is 12.5 Å². The summed E-state index contributed by atoms with van der Waals surface area (Å²) >= 11 is 11.6. The Morgan fingerprint density at radius 3 is 2.47 bits per heavy atom. The molecule has 1 unspecified atom stereocenters. The van der Waals surface area contributed by atoms with Crippen LogP contribution in [0, 0.1) is 11.6 Å². The Hall–Kier alpha value is -1.16. The van der Waals surface area contributed by atoms with Crippen LogP contribution in [0.1, 0.15) is 17.2 Å². The summed E-state index contributed by atoms with van der Waals surface area (Å²) in [6.07, 6.45) is -1.02. The Balaban J connectivity index is 2.23. The summed E-state index contributed by atoms with van der Waals surface area (Å²) in [5.41, 5.74) is 0.608. The molecule has 19 heavy (non-hydrogen) atoms. The van der Waals surface area contributed by atoms with Gasteiger partial charge in [-0.05, 0) is 29.3 Å². The lowest BCUT2D eigenvalue weighted by Crippen LogP contribution is -2.04. The molecule has 0 spiro atoms. The Labute approximate surface area is 119 Å². The average Bonchev–Trinajstić information content (AvgIpc) is 2.38. The molecule has 0 saturated heterocycles. The van der Waals surface area contributed by atoms with Crippen LogP contribution < -0.4 is 0 Å². The van der Waals surface area contributed by atoms with Crippen molar-refractivity contribution in [3.8, 4) is 0 Å². The highest BCUT2D eigenvalue weighted by Gasteiger charge is 2.14. The van der Waals surface area contributed by atoms with Crippen molar-refractivity contribution in [3.05, 3.63) is 69.2 Å². The van der Waals surface area contributed by atoms with Gasteiger partial charge < -0.3 is 5.11 Å². The summed E-state index contributed by atoms with van der Waals surface area (Å²) in [6, 6.07) is 8.51. The van der Waals surface area contributed by atoms with Crippen molar-refractivity contribution in [1.82, 2.24) is 0 Å². The van der Waals surface area contributed by atoms with E-state index in [2.05, 4.69) is 0 Å². The van der Waals surface area contributed by atoms with Gasteiger partial charge in [0, 0.05) is 6.42 Å². The summed E-state index contributed by atoms with van der Waals surface area (Å²) in [5, 5.41) is 10.7. The van der Waals surface area contributed by atoms with Gasteiger partial charge in [0.2, 0.25) is 0 Å². The maximum atomic E-state index is 13.5. The van der Waals surface area contributed by atoms with Crippen LogP contribution in [0.15, 0.2) is 36.4 Å². The van der Waals surface area contributed by atoms with Gasteiger partial charge in [-0.3, -0.25) is 0 Å². The molecule has 0 aliphatic heterocycles. The van der Waals surface area contributed by atoms with Gasteiger partial charge in [-0.15, -0.1) is 0 Å². The zero-order valence-corrected chi connectivity index (χ0v) is 11.2. The molecule has 2 aromatic rings. The second-order valence-corrected chi connectivity index (χ2v) is 4.92. The smallest absolute Gasteiger partial charge is 0.162 e. The molecule has 100 valence electrons. The molecule has 0 heterocycles. The quantitative estimate of drug-likeness (QED) is 0.882. The molecule has 5 heteroatoms. The lowest BCUT2D eigenvalue weighted by atomic mass is 10.0. The lowest BCUT2D eigenvalue weighted by molar-refractivity contribution is 0.177. The molecule has 0 radical (unpaired) electrons. The number of hydrogen-bond donors (Lipinski definition) is 1. The number of aliphatic hydroxyl groups excluding tert-OH is 1. The van der Waals surface area contributed by atoms with Crippen LogP contribution in [-0.2, 0) is 6.42 Å². The number of benzene rings is 2. The van der Waals surface area contributed by atoms with Crippen LogP contribution in [0.2, 0.25) is 10.0 Å². The molecule has 1 atom stereocenters. The van der Waals surface area contributed by atoms with E-state index in [0.717, 1.165) is 6.07 Å². The van der Waals surface area contributed by atoms with Crippen LogP contribution >= 0.6 is 23.2 Å². The Kier molecular flexibility index (Phi) is 4.40. The van der Waals surface area contributed by atoms with Gasteiger partial charge in [-0.1, -0.05) is 41.4 Å². The molecule has 1 N–H and O–H groups in total. The van der Waals surface area contributed by atoms with Crippen molar-refractivity contribution >= 4 is 23.2 Å². The van der Waals surface area contributed by atoms with Crippen molar-refractivity contribution < 1.29 is 13.9 Å². The van der Waals surface area contributed by atoms with Gasteiger partial charge in [0.1, 0.15) is 0 Å². The molecule has 0 amide bonds. The van der Waals surface area contributed by atoms with E-state index in [1.54, 1.807) is 12.1 Å². The molecule has 0 fully saturated rings. The molecule has 0 saturated carbocycles. The normalized spacial score (nSPS) is 12.5. The predicted octanol–water partition coefficient (Wildman–Crippen LogP) is 4.55. The highest BCUT2D eigenvalue weighted by atomic mass is 35.5. The van der Waals surface area contributed by atoms with Crippen molar-refractivity contribution in [2.75, 3.05) is 0 Å². The zero-order chi connectivity index (χ0) is 14.0. The minimum Gasteiger partial charge on any atom is -0.388 e. The minimum atomic E-state index is -0.980. The molecular formula is C14H10Cl2F2O. The number of halogens is 4. The minimum absolute atomic E-state index is 0.0401. The van der Waals surface area contributed by atoms with Gasteiger partial charge in [0.05, 0.1) is 16.1 Å². The van der Waals surface area contributed by atoms with Gasteiger partial charge in [0.15, 0.2) is 11.6 Å². The van der Waals surface area contributed by atoms with Crippen LogP contribution in [0.3, 0.4) is 0 Å². The van der Waals surface area contributed by atoms with Crippen LogP contribution in [0.5, 0.6) is 0 Å². The highest BCUT2D eigenvalue weighted by Crippen LogP contribution is 2.27. The molecule has 0 bridgehead atoms. The summed E-state index contributed by atoms with van der Waals surface area (Å²) < 4.78 is 26.5. The van der Waals surface area contributed by atoms with Gasteiger partial charge in [0.25, 0.3) is 0 Å². The molecule has 0 aliphatic carbocycles. The van der Waals surface area contributed by atoms with Crippen molar-refractivity contribution in [1.29, 1.82) is 0 Å². The number of hydrogen-bond acceptors (Lipinski definition) is 1. The number of rotatable bonds is 3. The lowest BCUT2D eigenvalue weighted by Gasteiger charge is -2.12. The first-order valence-corrected chi connectivity index (χ1v) is 6.30. The second kappa shape index (κ2) is 5.87. The average molecular weight is 303 g/mol. The van der Waals surface area contributed by atoms with E-state index >= 15 is 0 Å². The fourth-order valence-electron chi connectivity index (χ4n) is 1.75.